The summed E-state index contributed by atoms with van der Waals surface area (Å²) in [7, 11) is -1.70. The number of aliphatic hydroxyl groups excluding tert-OH is 1. The van der Waals surface area contributed by atoms with E-state index >= 15 is 0 Å². The van der Waals surface area contributed by atoms with Crippen molar-refractivity contribution in [2.24, 2.45) is 0 Å². The summed E-state index contributed by atoms with van der Waals surface area (Å²) in [4.78, 5) is 0. The van der Waals surface area contributed by atoms with Crippen molar-refractivity contribution < 1.29 is 9.84 Å². The van der Waals surface area contributed by atoms with Crippen LogP contribution < -0.4 is 9.65 Å². The zero-order valence-corrected chi connectivity index (χ0v) is 18.7. The van der Waals surface area contributed by atoms with Gasteiger partial charge in [-0.05, 0) is 0 Å². The average molecular weight is 434 g/mol. The van der Waals surface area contributed by atoms with Crippen LogP contribution in [0.2, 0.25) is 17.5 Å². The summed E-state index contributed by atoms with van der Waals surface area (Å²) in [5.41, 5.74) is 1.12. The second-order valence-corrected chi connectivity index (χ2v) is 15.7. The molecule has 2 aromatic rings. The number of hydrogen-bond acceptors (Lipinski definition) is 2. The van der Waals surface area contributed by atoms with Crippen molar-refractivity contribution in [3.8, 4) is 0 Å². The van der Waals surface area contributed by atoms with Gasteiger partial charge in [-0.1, -0.05) is 0 Å². The van der Waals surface area contributed by atoms with Crippen molar-refractivity contribution in [1.29, 1.82) is 0 Å². The van der Waals surface area contributed by atoms with Crippen molar-refractivity contribution in [2.75, 3.05) is 6.61 Å². The van der Waals surface area contributed by atoms with E-state index in [2.05, 4.69) is 74.6 Å². The number of benzene rings is 2. The van der Waals surface area contributed by atoms with Crippen molar-refractivity contribution in [1.82, 2.24) is 0 Å². The molecule has 1 saturated heterocycles. The molecular weight excluding hydrogens is 403 g/mol. The minimum atomic E-state index is -1.70. The molecule has 0 spiro atoms. The van der Waals surface area contributed by atoms with Crippen molar-refractivity contribution in [3.63, 3.8) is 0 Å². The molecule has 0 saturated carbocycles. The molecule has 1 fully saturated rings. The molecule has 140 valence electrons. The summed E-state index contributed by atoms with van der Waals surface area (Å²) in [5, 5.41) is 12.0. The molecule has 0 aliphatic carbocycles. The molecule has 3 rings (SSSR count). The van der Waals surface area contributed by atoms with Crippen LogP contribution in [0.15, 0.2) is 54.6 Å². The molecule has 4 heteroatoms. The van der Waals surface area contributed by atoms with Gasteiger partial charge in [0, 0.05) is 0 Å². The number of aliphatic hydroxyl groups is 1. The molecule has 1 aliphatic rings. The van der Waals surface area contributed by atoms with Gasteiger partial charge in [0.15, 0.2) is 0 Å². The van der Waals surface area contributed by atoms with Gasteiger partial charge >= 0.3 is 165 Å². The van der Waals surface area contributed by atoms with Gasteiger partial charge < -0.3 is 0 Å². The van der Waals surface area contributed by atoms with E-state index in [1.807, 2.05) is 0 Å². The van der Waals surface area contributed by atoms with Crippen molar-refractivity contribution in [3.05, 3.63) is 60.2 Å². The Morgan fingerprint density at radius 2 is 1.81 bits per heavy atom. The molecule has 0 unspecified atom stereocenters. The Kier molecular flexibility index (Phi) is 6.76. The average Bonchev–Trinajstić information content (AvgIpc) is 3.20. The molecule has 1 N–H and O–H groups in total. The van der Waals surface area contributed by atoms with Crippen LogP contribution in [0.1, 0.15) is 37.9 Å². The molecule has 2 aromatic carbocycles. The summed E-state index contributed by atoms with van der Waals surface area (Å²) in [6, 6.07) is 19.5. The van der Waals surface area contributed by atoms with Crippen LogP contribution in [0.3, 0.4) is 0 Å². The number of hydrogen-bond donors (Lipinski definition) is 1. The monoisotopic (exact) mass is 434 g/mol. The molecule has 3 atom stereocenters. The van der Waals surface area contributed by atoms with Crippen LogP contribution >= 0.6 is 0 Å². The molecule has 26 heavy (non-hydrogen) atoms. The number of ether oxygens (including phenoxy) is 1. The predicted molar refractivity (Wildman–Crippen MR) is 113 cm³/mol. The van der Waals surface area contributed by atoms with Gasteiger partial charge in [-0.25, -0.2) is 0 Å². The molecule has 0 amide bonds. The van der Waals surface area contributed by atoms with Crippen LogP contribution in [-0.4, -0.2) is 40.8 Å². The van der Waals surface area contributed by atoms with E-state index in [9.17, 15) is 5.11 Å². The third kappa shape index (κ3) is 4.32. The first-order valence-corrected chi connectivity index (χ1v) is 14.6. The Bertz CT molecular complexity index is 698. The maximum absolute atomic E-state index is 10.5. The van der Waals surface area contributed by atoms with E-state index < -0.39 is 8.07 Å². The molecule has 0 radical (unpaired) electrons. The molecule has 1 heterocycles. The molecule has 1 aliphatic heterocycles. The van der Waals surface area contributed by atoms with E-state index in [-0.39, 0.29) is 21.1 Å². The van der Waals surface area contributed by atoms with Crippen molar-refractivity contribution >= 4 is 32.7 Å². The summed E-state index contributed by atoms with van der Waals surface area (Å²) in [6.07, 6.45) is 3.12. The Morgan fingerprint density at radius 1 is 1.12 bits per heavy atom. The van der Waals surface area contributed by atoms with Crippen molar-refractivity contribution in [2.45, 2.75) is 55.9 Å². The standard InChI is InChI=1S/C22H30O2SeSi/c1-4-19(23)18-13-8-9-15-21(18)25-22(20-14-10-16-24-20)26(2,3)17-11-6-5-7-12-17/h5-9,11-13,15,19-20,22-23H,4,10,14,16H2,1-3H3/t19-,20-,22+/m0/s1. The maximum atomic E-state index is 10.5. The molecule has 0 aromatic heterocycles. The molecular formula is C22H30O2SeSi. The third-order valence-corrected chi connectivity index (χ3v) is 15.9. The predicted octanol–water partition coefficient (Wildman–Crippen LogP) is 3.58. The summed E-state index contributed by atoms with van der Waals surface area (Å²) < 4.78 is 8.14. The topological polar surface area (TPSA) is 29.5 Å². The van der Waals surface area contributed by atoms with Crippen LogP contribution in [0.5, 0.6) is 0 Å². The van der Waals surface area contributed by atoms with Crippen LogP contribution in [0, 0.1) is 0 Å². The van der Waals surface area contributed by atoms with Gasteiger partial charge in [-0.3, -0.25) is 0 Å². The van der Waals surface area contributed by atoms with Gasteiger partial charge in [0.05, 0.1) is 0 Å². The fourth-order valence-corrected chi connectivity index (χ4v) is 12.4. The van der Waals surface area contributed by atoms with Gasteiger partial charge in [-0.2, -0.15) is 0 Å². The normalized spacial score (nSPS) is 20.1. The third-order valence-electron chi connectivity index (χ3n) is 5.45. The van der Waals surface area contributed by atoms with Crippen LogP contribution in [-0.2, 0) is 4.74 Å². The summed E-state index contributed by atoms with van der Waals surface area (Å²) >= 11 is 0.285. The zero-order valence-electron chi connectivity index (χ0n) is 16.0. The van der Waals surface area contributed by atoms with Gasteiger partial charge in [0.2, 0.25) is 0 Å². The zero-order chi connectivity index (χ0) is 18.6. The fourth-order valence-electron chi connectivity index (χ4n) is 3.78. The van der Waals surface area contributed by atoms with Gasteiger partial charge in [-0.15, -0.1) is 0 Å². The van der Waals surface area contributed by atoms with Gasteiger partial charge in [0.1, 0.15) is 0 Å². The van der Waals surface area contributed by atoms with E-state index in [1.165, 1.54) is 22.5 Å². The number of rotatable bonds is 7. The molecule has 2 nitrogen and oxygen atoms in total. The van der Waals surface area contributed by atoms with E-state index in [0.29, 0.717) is 10.5 Å². The van der Waals surface area contributed by atoms with Crippen LogP contribution in [0.4, 0.5) is 0 Å². The first-order chi connectivity index (χ1) is 12.5. The quantitative estimate of drug-likeness (QED) is 0.677. The SMILES string of the molecule is CC[C@H](O)c1ccccc1[Se][C@@H]([C@@H]1CCCO1)[Si](C)(C)c1ccccc1. The Balaban J connectivity index is 1.96. The fraction of sp³-hybridized carbons (Fsp3) is 0.455. The second kappa shape index (κ2) is 8.86. The second-order valence-electron chi connectivity index (χ2n) is 7.64. The summed E-state index contributed by atoms with van der Waals surface area (Å²) in [5.74, 6) is 0. The van der Waals surface area contributed by atoms with Gasteiger partial charge in [0.25, 0.3) is 0 Å². The van der Waals surface area contributed by atoms with E-state index in [0.717, 1.165) is 18.6 Å². The Hall–Kier alpha value is -0.904. The van der Waals surface area contributed by atoms with Crippen LogP contribution in [0.25, 0.3) is 0 Å². The molecule has 0 bridgehead atoms. The van der Waals surface area contributed by atoms with E-state index in [1.54, 1.807) is 0 Å². The van der Waals surface area contributed by atoms with E-state index in [4.69, 9.17) is 4.74 Å². The minimum absolute atomic E-state index is 0.285. The first-order valence-electron chi connectivity index (χ1n) is 9.64. The first kappa shape index (κ1) is 19.8. The Morgan fingerprint density at radius 3 is 2.46 bits per heavy atom. The Labute approximate surface area is 165 Å². The summed E-state index contributed by atoms with van der Waals surface area (Å²) in [6.45, 7) is 7.94.